The van der Waals surface area contributed by atoms with Crippen LogP contribution in [-0.4, -0.2) is 25.4 Å². The molecule has 1 aliphatic carbocycles. The van der Waals surface area contributed by atoms with Crippen LogP contribution in [0.25, 0.3) is 0 Å². The summed E-state index contributed by atoms with van der Waals surface area (Å²) in [7, 11) is 1.18. The molecule has 20 heavy (non-hydrogen) atoms. The first-order valence-corrected chi connectivity index (χ1v) is 6.91. The Morgan fingerprint density at radius 2 is 1.40 bits per heavy atom. The third-order valence-corrected chi connectivity index (χ3v) is 4.37. The molecular weight excluding hydrogens is 284 g/mol. The Morgan fingerprint density at radius 3 is 1.70 bits per heavy atom. The molecule has 0 aromatic rings. The van der Waals surface area contributed by atoms with E-state index in [1.807, 2.05) is 6.92 Å². The molecule has 1 atom stereocenters. The van der Waals surface area contributed by atoms with E-state index in [2.05, 4.69) is 5.32 Å². The SMILES string of the molecule is CCC1CCC(C(NC)C(C(F)(F)F)C(F)(F)F)CC1. The minimum absolute atomic E-state index is 0.423. The lowest BCUT2D eigenvalue weighted by Crippen LogP contribution is -2.53. The fourth-order valence-electron chi connectivity index (χ4n) is 3.22. The van der Waals surface area contributed by atoms with Crippen LogP contribution in [0.2, 0.25) is 0 Å². The Hall–Kier alpha value is -0.460. The summed E-state index contributed by atoms with van der Waals surface area (Å²) in [5, 5.41) is 2.28. The van der Waals surface area contributed by atoms with Gasteiger partial charge in [0.25, 0.3) is 0 Å². The van der Waals surface area contributed by atoms with Crippen molar-refractivity contribution in [1.82, 2.24) is 5.32 Å². The van der Waals surface area contributed by atoms with Gasteiger partial charge >= 0.3 is 12.4 Å². The van der Waals surface area contributed by atoms with Crippen molar-refractivity contribution in [2.45, 2.75) is 57.4 Å². The van der Waals surface area contributed by atoms with Gasteiger partial charge in [0.05, 0.1) is 0 Å². The average molecular weight is 305 g/mol. The summed E-state index contributed by atoms with van der Waals surface area (Å²) in [4.78, 5) is 0. The van der Waals surface area contributed by atoms with E-state index in [1.165, 1.54) is 7.05 Å². The van der Waals surface area contributed by atoms with Crippen LogP contribution in [-0.2, 0) is 0 Å². The van der Waals surface area contributed by atoms with Gasteiger partial charge in [0.15, 0.2) is 5.92 Å². The van der Waals surface area contributed by atoms with Gasteiger partial charge < -0.3 is 5.32 Å². The molecule has 1 fully saturated rings. The van der Waals surface area contributed by atoms with Crippen molar-refractivity contribution in [3.8, 4) is 0 Å². The number of hydrogen-bond donors (Lipinski definition) is 1. The molecule has 1 nitrogen and oxygen atoms in total. The summed E-state index contributed by atoms with van der Waals surface area (Å²) in [6.07, 6.45) is -7.34. The van der Waals surface area contributed by atoms with E-state index in [-0.39, 0.29) is 0 Å². The molecule has 0 radical (unpaired) electrons. The van der Waals surface area contributed by atoms with Crippen molar-refractivity contribution in [3.63, 3.8) is 0 Å². The van der Waals surface area contributed by atoms with Crippen molar-refractivity contribution in [2.75, 3.05) is 7.05 Å². The van der Waals surface area contributed by atoms with E-state index in [0.717, 1.165) is 6.42 Å². The molecule has 1 aliphatic rings. The van der Waals surface area contributed by atoms with Gasteiger partial charge in [-0.15, -0.1) is 0 Å². The molecule has 0 aromatic heterocycles. The molecule has 0 bridgehead atoms. The summed E-state index contributed by atoms with van der Waals surface area (Å²) >= 11 is 0. The maximum Gasteiger partial charge on any atom is 0.402 e. The monoisotopic (exact) mass is 305 g/mol. The number of rotatable bonds is 4. The lowest BCUT2D eigenvalue weighted by molar-refractivity contribution is -0.295. The molecule has 0 spiro atoms. The van der Waals surface area contributed by atoms with Crippen LogP contribution in [0.1, 0.15) is 39.0 Å². The van der Waals surface area contributed by atoms with Gasteiger partial charge in [-0.25, -0.2) is 0 Å². The van der Waals surface area contributed by atoms with Crippen molar-refractivity contribution < 1.29 is 26.3 Å². The maximum atomic E-state index is 12.8. The van der Waals surface area contributed by atoms with Crippen LogP contribution in [0, 0.1) is 17.8 Å². The molecule has 120 valence electrons. The highest BCUT2D eigenvalue weighted by molar-refractivity contribution is 4.92. The van der Waals surface area contributed by atoms with Crippen LogP contribution < -0.4 is 5.32 Å². The van der Waals surface area contributed by atoms with Gasteiger partial charge in [0.1, 0.15) is 0 Å². The van der Waals surface area contributed by atoms with Gasteiger partial charge in [-0.05, 0) is 31.7 Å². The third-order valence-electron chi connectivity index (χ3n) is 4.37. The summed E-state index contributed by atoms with van der Waals surface area (Å²) in [6, 6.07) is -1.59. The number of hydrogen-bond acceptors (Lipinski definition) is 1. The first-order chi connectivity index (χ1) is 9.11. The fraction of sp³-hybridized carbons (Fsp3) is 1.00. The van der Waals surface area contributed by atoms with E-state index in [1.54, 1.807) is 0 Å². The lowest BCUT2D eigenvalue weighted by atomic mass is 9.74. The van der Waals surface area contributed by atoms with E-state index < -0.39 is 30.2 Å². The number of halogens is 6. The van der Waals surface area contributed by atoms with Crippen molar-refractivity contribution >= 4 is 0 Å². The van der Waals surface area contributed by atoms with Crippen LogP contribution >= 0.6 is 0 Å². The smallest absolute Gasteiger partial charge is 0.316 e. The molecular formula is C13H21F6N. The molecule has 1 saturated carbocycles. The third kappa shape index (κ3) is 4.27. The summed E-state index contributed by atoms with van der Waals surface area (Å²) in [5.41, 5.74) is 0. The van der Waals surface area contributed by atoms with Crippen molar-refractivity contribution in [3.05, 3.63) is 0 Å². The predicted molar refractivity (Wildman–Crippen MR) is 64.2 cm³/mol. The first-order valence-electron chi connectivity index (χ1n) is 6.91. The van der Waals surface area contributed by atoms with Gasteiger partial charge in [0, 0.05) is 6.04 Å². The standard InChI is InChI=1S/C13H21F6N/c1-3-8-4-6-9(7-5-8)10(20-2)11(12(14,15)16)13(17,18)19/h8-11,20H,3-7H2,1-2H3. The Kier molecular flexibility index (Phi) is 5.75. The van der Waals surface area contributed by atoms with Crippen LogP contribution in [0.3, 0.4) is 0 Å². The van der Waals surface area contributed by atoms with E-state index in [0.29, 0.717) is 31.6 Å². The molecule has 1 N–H and O–H groups in total. The number of alkyl halides is 6. The van der Waals surface area contributed by atoms with Gasteiger partial charge in [-0.1, -0.05) is 26.2 Å². The second-order valence-electron chi connectivity index (χ2n) is 5.56. The molecule has 0 aromatic carbocycles. The van der Waals surface area contributed by atoms with Gasteiger partial charge in [-0.3, -0.25) is 0 Å². The van der Waals surface area contributed by atoms with E-state index in [4.69, 9.17) is 0 Å². The van der Waals surface area contributed by atoms with Gasteiger partial charge in [-0.2, -0.15) is 26.3 Å². The second kappa shape index (κ2) is 6.54. The quantitative estimate of drug-likeness (QED) is 0.752. The molecule has 1 unspecified atom stereocenters. The molecule has 0 heterocycles. The Bertz CT molecular complexity index is 276. The molecule has 7 heteroatoms. The fourth-order valence-corrected chi connectivity index (χ4v) is 3.22. The average Bonchev–Trinajstić information content (AvgIpc) is 2.33. The highest BCUT2D eigenvalue weighted by atomic mass is 19.4. The lowest BCUT2D eigenvalue weighted by Gasteiger charge is -2.39. The minimum Gasteiger partial charge on any atom is -0.316 e. The van der Waals surface area contributed by atoms with E-state index in [9.17, 15) is 26.3 Å². The highest BCUT2D eigenvalue weighted by Gasteiger charge is 2.61. The first kappa shape index (κ1) is 17.6. The predicted octanol–water partition coefficient (Wildman–Crippen LogP) is 4.53. The molecule has 0 aliphatic heterocycles. The Morgan fingerprint density at radius 1 is 0.950 bits per heavy atom. The topological polar surface area (TPSA) is 12.0 Å². The Labute approximate surface area is 115 Å². The molecule has 1 rings (SSSR count). The van der Waals surface area contributed by atoms with Gasteiger partial charge in [0.2, 0.25) is 0 Å². The summed E-state index contributed by atoms with van der Waals surface area (Å²) in [5.74, 6) is -3.43. The molecule has 0 saturated heterocycles. The zero-order chi connectivity index (χ0) is 15.6. The summed E-state index contributed by atoms with van der Waals surface area (Å²) < 4.78 is 76.7. The van der Waals surface area contributed by atoms with Crippen LogP contribution in [0.5, 0.6) is 0 Å². The van der Waals surface area contributed by atoms with Crippen molar-refractivity contribution in [2.24, 2.45) is 17.8 Å². The zero-order valence-corrected chi connectivity index (χ0v) is 11.6. The minimum atomic E-state index is -5.27. The second-order valence-corrected chi connectivity index (χ2v) is 5.56. The van der Waals surface area contributed by atoms with E-state index >= 15 is 0 Å². The van der Waals surface area contributed by atoms with Crippen molar-refractivity contribution in [1.29, 1.82) is 0 Å². The number of nitrogens with one attached hydrogen (secondary N) is 1. The largest absolute Gasteiger partial charge is 0.402 e. The Balaban J connectivity index is 2.87. The zero-order valence-electron chi connectivity index (χ0n) is 11.6. The normalized spacial score (nSPS) is 26.9. The van der Waals surface area contributed by atoms with Crippen LogP contribution in [0.4, 0.5) is 26.3 Å². The highest BCUT2D eigenvalue weighted by Crippen LogP contribution is 2.45. The maximum absolute atomic E-state index is 12.8. The molecule has 0 amide bonds. The van der Waals surface area contributed by atoms with Crippen LogP contribution in [0.15, 0.2) is 0 Å². The summed E-state index contributed by atoms with van der Waals surface area (Å²) in [6.45, 7) is 1.99.